The first kappa shape index (κ1) is 7.87. The van der Waals surface area contributed by atoms with Crippen LogP contribution in [0.4, 0.5) is 11.5 Å². The summed E-state index contributed by atoms with van der Waals surface area (Å²) in [4.78, 5) is 0. The summed E-state index contributed by atoms with van der Waals surface area (Å²) >= 11 is 0. The van der Waals surface area contributed by atoms with E-state index in [1.54, 1.807) is 7.05 Å². The summed E-state index contributed by atoms with van der Waals surface area (Å²) in [6.07, 6.45) is 0.455. The first-order valence-corrected chi connectivity index (χ1v) is 3.34. The van der Waals surface area contributed by atoms with E-state index >= 15 is 0 Å². The van der Waals surface area contributed by atoms with Crippen molar-refractivity contribution >= 4 is 11.5 Å². The van der Waals surface area contributed by atoms with Gasteiger partial charge in [0.05, 0.1) is 11.4 Å². The van der Waals surface area contributed by atoms with Gasteiger partial charge in [-0.25, -0.2) is 0 Å². The van der Waals surface area contributed by atoms with Crippen molar-refractivity contribution in [3.8, 4) is 0 Å². The van der Waals surface area contributed by atoms with E-state index in [1.165, 1.54) is 4.68 Å². The Kier molecular flexibility index (Phi) is 2.00. The number of aliphatic hydroxyl groups excluding tert-OH is 1. The SMILES string of the molecule is Cn1nc(CCO)c(N)c1N. The van der Waals surface area contributed by atoms with Crippen LogP contribution in [0.3, 0.4) is 0 Å². The molecule has 0 spiro atoms. The third-order valence-corrected chi connectivity index (χ3v) is 1.55. The molecule has 0 saturated heterocycles. The lowest BCUT2D eigenvalue weighted by Gasteiger charge is -1.92. The molecule has 5 nitrogen and oxygen atoms in total. The van der Waals surface area contributed by atoms with Gasteiger partial charge in [0.1, 0.15) is 5.82 Å². The van der Waals surface area contributed by atoms with Gasteiger partial charge in [-0.3, -0.25) is 4.68 Å². The average Bonchev–Trinajstić information content (AvgIpc) is 2.19. The summed E-state index contributed by atoms with van der Waals surface area (Å²) in [6, 6.07) is 0. The summed E-state index contributed by atoms with van der Waals surface area (Å²) in [7, 11) is 1.71. The van der Waals surface area contributed by atoms with Crippen molar-refractivity contribution in [1.29, 1.82) is 0 Å². The van der Waals surface area contributed by atoms with E-state index in [1.807, 2.05) is 0 Å². The Labute approximate surface area is 64.6 Å². The molecular formula is C6H12N4O. The third-order valence-electron chi connectivity index (χ3n) is 1.55. The number of hydrogen-bond acceptors (Lipinski definition) is 4. The van der Waals surface area contributed by atoms with Crippen LogP contribution >= 0.6 is 0 Å². The maximum atomic E-state index is 8.60. The van der Waals surface area contributed by atoms with Crippen LogP contribution in [0.1, 0.15) is 5.69 Å². The Bertz CT molecular complexity index is 255. The molecule has 0 amide bonds. The van der Waals surface area contributed by atoms with E-state index in [9.17, 15) is 0 Å². The monoisotopic (exact) mass is 156 g/mol. The van der Waals surface area contributed by atoms with Crippen molar-refractivity contribution in [2.45, 2.75) is 6.42 Å². The number of rotatable bonds is 2. The summed E-state index contributed by atoms with van der Waals surface area (Å²) in [6.45, 7) is 0.0423. The lowest BCUT2D eigenvalue weighted by atomic mass is 10.3. The number of anilines is 2. The van der Waals surface area contributed by atoms with Crippen molar-refractivity contribution in [2.75, 3.05) is 18.1 Å². The molecule has 1 rings (SSSR count). The molecule has 1 aromatic rings. The molecule has 0 bridgehead atoms. The molecule has 1 aromatic heterocycles. The Morgan fingerprint density at radius 3 is 2.55 bits per heavy atom. The van der Waals surface area contributed by atoms with E-state index in [-0.39, 0.29) is 6.61 Å². The third kappa shape index (κ3) is 1.27. The smallest absolute Gasteiger partial charge is 0.145 e. The molecule has 0 unspecified atom stereocenters. The van der Waals surface area contributed by atoms with Crippen molar-refractivity contribution in [1.82, 2.24) is 9.78 Å². The first-order chi connectivity index (χ1) is 5.16. The van der Waals surface area contributed by atoms with E-state index in [4.69, 9.17) is 16.6 Å². The molecule has 0 aliphatic heterocycles. The fraction of sp³-hybridized carbons (Fsp3) is 0.500. The number of nitrogens with two attached hydrogens (primary N) is 2. The number of aliphatic hydroxyl groups is 1. The van der Waals surface area contributed by atoms with Gasteiger partial charge in [0.15, 0.2) is 0 Å². The standard InChI is InChI=1S/C6H12N4O/c1-10-6(8)5(7)4(9-10)2-3-11/h11H,2-3,7-8H2,1H3. The minimum Gasteiger partial charge on any atom is -0.396 e. The van der Waals surface area contributed by atoms with Crippen LogP contribution in [0.25, 0.3) is 0 Å². The van der Waals surface area contributed by atoms with Gasteiger partial charge in [0, 0.05) is 20.1 Å². The van der Waals surface area contributed by atoms with Crippen molar-refractivity contribution in [3.05, 3.63) is 5.69 Å². The minimum atomic E-state index is 0.0423. The molecule has 0 fully saturated rings. The van der Waals surface area contributed by atoms with E-state index in [0.717, 1.165) is 0 Å². The van der Waals surface area contributed by atoms with Crippen LogP contribution in [0.2, 0.25) is 0 Å². The molecule has 5 heteroatoms. The molecule has 5 N–H and O–H groups in total. The molecule has 0 aliphatic rings. The Hall–Kier alpha value is -1.23. The summed E-state index contributed by atoms with van der Waals surface area (Å²) in [5.74, 6) is 0.452. The highest BCUT2D eigenvalue weighted by Crippen LogP contribution is 2.17. The van der Waals surface area contributed by atoms with Gasteiger partial charge in [0.25, 0.3) is 0 Å². The van der Waals surface area contributed by atoms with Crippen LogP contribution in [0.15, 0.2) is 0 Å². The fourth-order valence-corrected chi connectivity index (χ4v) is 0.902. The van der Waals surface area contributed by atoms with E-state index in [2.05, 4.69) is 5.10 Å². The van der Waals surface area contributed by atoms with Gasteiger partial charge in [-0.1, -0.05) is 0 Å². The highest BCUT2D eigenvalue weighted by atomic mass is 16.3. The second-order valence-corrected chi connectivity index (χ2v) is 2.34. The Balaban J connectivity index is 2.98. The molecule has 0 aromatic carbocycles. The van der Waals surface area contributed by atoms with E-state index in [0.29, 0.717) is 23.6 Å². The van der Waals surface area contributed by atoms with Gasteiger partial charge in [-0.2, -0.15) is 5.10 Å². The van der Waals surface area contributed by atoms with Crippen molar-refractivity contribution in [2.24, 2.45) is 7.05 Å². The fourth-order valence-electron chi connectivity index (χ4n) is 0.902. The van der Waals surface area contributed by atoms with Crippen molar-refractivity contribution < 1.29 is 5.11 Å². The second-order valence-electron chi connectivity index (χ2n) is 2.34. The Morgan fingerprint density at radius 1 is 1.55 bits per heavy atom. The Morgan fingerprint density at radius 2 is 2.18 bits per heavy atom. The van der Waals surface area contributed by atoms with Crippen LogP contribution in [-0.2, 0) is 13.5 Å². The maximum absolute atomic E-state index is 8.60. The van der Waals surface area contributed by atoms with Crippen LogP contribution in [0.5, 0.6) is 0 Å². The zero-order valence-electron chi connectivity index (χ0n) is 6.41. The van der Waals surface area contributed by atoms with Gasteiger partial charge in [-0.05, 0) is 0 Å². The van der Waals surface area contributed by atoms with E-state index < -0.39 is 0 Å². The average molecular weight is 156 g/mol. The second kappa shape index (κ2) is 2.79. The maximum Gasteiger partial charge on any atom is 0.145 e. The largest absolute Gasteiger partial charge is 0.396 e. The number of hydrogen-bond donors (Lipinski definition) is 3. The van der Waals surface area contributed by atoms with Gasteiger partial charge in [-0.15, -0.1) is 0 Å². The van der Waals surface area contributed by atoms with Crippen LogP contribution < -0.4 is 11.5 Å². The van der Waals surface area contributed by atoms with Gasteiger partial charge < -0.3 is 16.6 Å². The first-order valence-electron chi connectivity index (χ1n) is 3.34. The number of aryl methyl sites for hydroxylation is 1. The zero-order valence-corrected chi connectivity index (χ0v) is 6.41. The molecule has 62 valence electrons. The highest BCUT2D eigenvalue weighted by Gasteiger charge is 2.08. The van der Waals surface area contributed by atoms with Crippen LogP contribution in [-0.4, -0.2) is 21.5 Å². The molecule has 0 radical (unpaired) electrons. The molecule has 0 saturated carbocycles. The predicted molar refractivity (Wildman–Crippen MR) is 42.8 cm³/mol. The minimum absolute atomic E-state index is 0.0423. The number of aromatic nitrogens is 2. The summed E-state index contributed by atoms with van der Waals surface area (Å²) in [5, 5.41) is 12.6. The molecule has 0 atom stereocenters. The molecular weight excluding hydrogens is 144 g/mol. The van der Waals surface area contributed by atoms with Gasteiger partial charge >= 0.3 is 0 Å². The predicted octanol–water partition coefficient (Wildman–Crippen LogP) is -0.881. The number of nitrogens with zero attached hydrogens (tertiary/aromatic N) is 2. The lowest BCUT2D eigenvalue weighted by Crippen LogP contribution is -1.99. The molecule has 11 heavy (non-hydrogen) atoms. The molecule has 0 aliphatic carbocycles. The van der Waals surface area contributed by atoms with Crippen LogP contribution in [0, 0.1) is 0 Å². The van der Waals surface area contributed by atoms with Gasteiger partial charge in [0.2, 0.25) is 0 Å². The topological polar surface area (TPSA) is 90.1 Å². The molecule has 1 heterocycles. The summed E-state index contributed by atoms with van der Waals surface area (Å²) < 4.78 is 1.50. The highest BCUT2D eigenvalue weighted by molar-refractivity contribution is 5.62. The number of nitrogen functional groups attached to an aromatic ring is 2. The normalized spacial score (nSPS) is 10.4. The quantitative estimate of drug-likeness (QED) is 0.518. The summed E-state index contributed by atoms with van der Waals surface area (Å²) in [5.41, 5.74) is 12.2. The lowest BCUT2D eigenvalue weighted by molar-refractivity contribution is 0.298. The van der Waals surface area contributed by atoms with Crippen molar-refractivity contribution in [3.63, 3.8) is 0 Å². The zero-order chi connectivity index (χ0) is 8.43.